The number of rotatable bonds is 5. The van der Waals surface area contributed by atoms with Gasteiger partial charge in [0.2, 0.25) is 0 Å². The van der Waals surface area contributed by atoms with Gasteiger partial charge in [0.15, 0.2) is 0 Å². The third-order valence-electron chi connectivity index (χ3n) is 10.1. The number of benzene rings is 8. The van der Waals surface area contributed by atoms with Crippen molar-refractivity contribution in [1.82, 2.24) is 9.13 Å². The molecule has 0 spiro atoms. The van der Waals surface area contributed by atoms with Crippen molar-refractivity contribution in [3.05, 3.63) is 194 Å². The number of hydrogen-bond donors (Lipinski definition) is 0. The fourth-order valence-corrected chi connectivity index (χ4v) is 7.87. The van der Waals surface area contributed by atoms with Crippen LogP contribution >= 0.6 is 0 Å². The van der Waals surface area contributed by atoms with Crippen LogP contribution in [0.4, 0.5) is 0 Å². The van der Waals surface area contributed by atoms with E-state index in [2.05, 4.69) is 203 Å². The van der Waals surface area contributed by atoms with Crippen LogP contribution in [0.25, 0.3) is 88.4 Å². The first-order chi connectivity index (χ1) is 24.8. The fourth-order valence-electron chi connectivity index (χ4n) is 7.87. The van der Waals surface area contributed by atoms with Crippen molar-refractivity contribution in [2.45, 2.75) is 0 Å². The molecule has 8 aromatic carbocycles. The summed E-state index contributed by atoms with van der Waals surface area (Å²) in [6, 6.07) is 70.4. The molecule has 10 aromatic rings. The SMILES string of the molecule is c1ccc(-c2cccc(-c3cccc4c3c3ccccc3n4-c3ccc4c5ccccc5n(-c5cccc(-c6ccccc6)c5)c4c3)c2)cc1. The highest BCUT2D eigenvalue weighted by molar-refractivity contribution is 6.16. The fraction of sp³-hybridized carbons (Fsp3) is 0. The number of hydrogen-bond acceptors (Lipinski definition) is 0. The molecule has 0 bridgehead atoms. The van der Waals surface area contributed by atoms with Crippen LogP contribution in [0, 0.1) is 0 Å². The lowest BCUT2D eigenvalue weighted by Gasteiger charge is -2.13. The van der Waals surface area contributed by atoms with Gasteiger partial charge in [-0.1, -0.05) is 146 Å². The Morgan fingerprint density at radius 1 is 0.260 bits per heavy atom. The zero-order valence-corrected chi connectivity index (χ0v) is 27.4. The zero-order valence-electron chi connectivity index (χ0n) is 27.4. The minimum Gasteiger partial charge on any atom is -0.309 e. The van der Waals surface area contributed by atoms with E-state index >= 15 is 0 Å². The highest BCUT2D eigenvalue weighted by Crippen LogP contribution is 2.41. The summed E-state index contributed by atoms with van der Waals surface area (Å²) in [5.74, 6) is 0. The Morgan fingerprint density at radius 2 is 0.760 bits per heavy atom. The summed E-state index contributed by atoms with van der Waals surface area (Å²) >= 11 is 0. The smallest absolute Gasteiger partial charge is 0.0561 e. The largest absolute Gasteiger partial charge is 0.309 e. The van der Waals surface area contributed by atoms with Gasteiger partial charge in [0.1, 0.15) is 0 Å². The Labute approximate surface area is 290 Å². The van der Waals surface area contributed by atoms with E-state index in [1.54, 1.807) is 0 Å². The van der Waals surface area contributed by atoms with E-state index in [0.717, 1.165) is 11.4 Å². The topological polar surface area (TPSA) is 9.86 Å². The summed E-state index contributed by atoms with van der Waals surface area (Å²) < 4.78 is 4.87. The summed E-state index contributed by atoms with van der Waals surface area (Å²) in [5.41, 5.74) is 14.4. The maximum Gasteiger partial charge on any atom is 0.0561 e. The average molecular weight is 637 g/mol. The van der Waals surface area contributed by atoms with Crippen molar-refractivity contribution in [3.8, 4) is 44.8 Å². The van der Waals surface area contributed by atoms with E-state index in [-0.39, 0.29) is 0 Å². The van der Waals surface area contributed by atoms with Gasteiger partial charge < -0.3 is 9.13 Å². The molecule has 0 N–H and O–H groups in total. The Balaban J connectivity index is 1.21. The normalized spacial score (nSPS) is 11.6. The number of fused-ring (bicyclic) bond motifs is 6. The van der Waals surface area contributed by atoms with Crippen molar-refractivity contribution in [3.63, 3.8) is 0 Å². The van der Waals surface area contributed by atoms with Crippen molar-refractivity contribution < 1.29 is 0 Å². The van der Waals surface area contributed by atoms with E-state index in [0.29, 0.717) is 0 Å². The summed E-state index contributed by atoms with van der Waals surface area (Å²) in [7, 11) is 0. The van der Waals surface area contributed by atoms with Gasteiger partial charge in [-0.15, -0.1) is 0 Å². The Hall–Kier alpha value is -6.64. The molecular formula is C48H32N2. The predicted molar refractivity (Wildman–Crippen MR) is 211 cm³/mol. The molecule has 0 saturated heterocycles. The minimum absolute atomic E-state index is 1.14. The molecule has 0 unspecified atom stereocenters. The lowest BCUT2D eigenvalue weighted by atomic mass is 9.96. The van der Waals surface area contributed by atoms with Crippen LogP contribution in [0.1, 0.15) is 0 Å². The third-order valence-corrected chi connectivity index (χ3v) is 10.1. The van der Waals surface area contributed by atoms with Crippen LogP contribution in [-0.2, 0) is 0 Å². The van der Waals surface area contributed by atoms with Gasteiger partial charge in [-0.2, -0.15) is 0 Å². The standard InChI is InChI=1S/C48H32N2/c1-3-14-33(15-4-1)35-18-11-20-37(30-35)40-24-13-27-46-48(40)43-23-8-10-26-45(43)49(46)39-28-29-42-41-22-7-9-25-44(41)50(47(42)32-39)38-21-12-19-36(31-38)34-16-5-2-6-17-34/h1-32H. The molecule has 0 saturated carbocycles. The Bertz CT molecular complexity index is 2860. The lowest BCUT2D eigenvalue weighted by Crippen LogP contribution is -1.97. The molecule has 2 heterocycles. The molecule has 0 aliphatic heterocycles. The van der Waals surface area contributed by atoms with Crippen LogP contribution in [0.5, 0.6) is 0 Å². The molecule has 0 atom stereocenters. The van der Waals surface area contributed by atoms with E-state index in [1.165, 1.54) is 77.0 Å². The maximum absolute atomic E-state index is 2.44. The molecule has 2 heteroatoms. The average Bonchev–Trinajstić information content (AvgIpc) is 3.71. The first-order valence-electron chi connectivity index (χ1n) is 17.2. The minimum atomic E-state index is 1.14. The predicted octanol–water partition coefficient (Wildman–Crippen LogP) is 12.9. The summed E-state index contributed by atoms with van der Waals surface area (Å²) in [6.45, 7) is 0. The molecule has 234 valence electrons. The van der Waals surface area contributed by atoms with Gasteiger partial charge in [-0.25, -0.2) is 0 Å². The third kappa shape index (κ3) is 4.50. The molecule has 0 aliphatic rings. The highest BCUT2D eigenvalue weighted by Gasteiger charge is 2.19. The van der Waals surface area contributed by atoms with E-state index < -0.39 is 0 Å². The van der Waals surface area contributed by atoms with Crippen LogP contribution in [0.3, 0.4) is 0 Å². The highest BCUT2D eigenvalue weighted by atomic mass is 15.0. The quantitative estimate of drug-likeness (QED) is 0.178. The van der Waals surface area contributed by atoms with Gasteiger partial charge >= 0.3 is 0 Å². The first-order valence-corrected chi connectivity index (χ1v) is 17.2. The van der Waals surface area contributed by atoms with Crippen molar-refractivity contribution in [2.24, 2.45) is 0 Å². The molecular weight excluding hydrogens is 605 g/mol. The monoisotopic (exact) mass is 636 g/mol. The van der Waals surface area contributed by atoms with Crippen LogP contribution in [-0.4, -0.2) is 9.13 Å². The van der Waals surface area contributed by atoms with Crippen molar-refractivity contribution >= 4 is 43.6 Å². The van der Waals surface area contributed by atoms with E-state index in [9.17, 15) is 0 Å². The zero-order chi connectivity index (χ0) is 33.0. The summed E-state index contributed by atoms with van der Waals surface area (Å²) in [6.07, 6.45) is 0. The van der Waals surface area contributed by atoms with Gasteiger partial charge in [-0.3, -0.25) is 0 Å². The lowest BCUT2D eigenvalue weighted by molar-refractivity contribution is 1.15. The molecule has 50 heavy (non-hydrogen) atoms. The van der Waals surface area contributed by atoms with E-state index in [4.69, 9.17) is 0 Å². The maximum atomic E-state index is 2.44. The van der Waals surface area contributed by atoms with Crippen LogP contribution in [0.15, 0.2) is 194 Å². The van der Waals surface area contributed by atoms with Crippen molar-refractivity contribution in [1.29, 1.82) is 0 Å². The van der Waals surface area contributed by atoms with Gasteiger partial charge in [0.05, 0.1) is 22.1 Å². The second kappa shape index (κ2) is 11.5. The number of aromatic nitrogens is 2. The molecule has 2 nitrogen and oxygen atoms in total. The van der Waals surface area contributed by atoms with Gasteiger partial charge in [-0.05, 0) is 81.9 Å². The second-order valence-electron chi connectivity index (χ2n) is 13.0. The molecule has 0 fully saturated rings. The van der Waals surface area contributed by atoms with Crippen molar-refractivity contribution in [2.75, 3.05) is 0 Å². The second-order valence-corrected chi connectivity index (χ2v) is 13.0. The summed E-state index contributed by atoms with van der Waals surface area (Å²) in [5, 5.41) is 5.01. The van der Waals surface area contributed by atoms with Crippen LogP contribution in [0.2, 0.25) is 0 Å². The van der Waals surface area contributed by atoms with Gasteiger partial charge in [0, 0.05) is 32.9 Å². The Kier molecular flexibility index (Phi) is 6.53. The molecule has 0 aliphatic carbocycles. The van der Waals surface area contributed by atoms with Crippen LogP contribution < -0.4 is 0 Å². The van der Waals surface area contributed by atoms with Gasteiger partial charge in [0.25, 0.3) is 0 Å². The molecule has 10 rings (SSSR count). The number of para-hydroxylation sites is 2. The Morgan fingerprint density at radius 3 is 1.52 bits per heavy atom. The molecule has 2 aromatic heterocycles. The first kappa shape index (κ1) is 28.4. The summed E-state index contributed by atoms with van der Waals surface area (Å²) in [4.78, 5) is 0. The van der Waals surface area contributed by atoms with E-state index in [1.807, 2.05) is 0 Å². The molecule has 0 amide bonds. The number of nitrogens with zero attached hydrogens (tertiary/aromatic N) is 2. The molecule has 0 radical (unpaired) electrons.